The Morgan fingerprint density at radius 1 is 1.41 bits per heavy atom. The molecule has 0 radical (unpaired) electrons. The molecule has 0 aromatic carbocycles. The van der Waals surface area contributed by atoms with E-state index < -0.39 is 0 Å². The second-order valence-electron chi connectivity index (χ2n) is 3.55. The van der Waals surface area contributed by atoms with Gasteiger partial charge in [0.25, 0.3) is 0 Å². The van der Waals surface area contributed by atoms with Gasteiger partial charge in [-0.3, -0.25) is 5.10 Å². The van der Waals surface area contributed by atoms with Crippen LogP contribution >= 0.6 is 11.6 Å². The molecule has 0 saturated heterocycles. The SMILES string of the molecule is Clc1ccc2nc(NCc3cn[nH]c3)nn2c1. The van der Waals surface area contributed by atoms with Crippen LogP contribution in [0.1, 0.15) is 5.56 Å². The van der Waals surface area contributed by atoms with Crippen molar-refractivity contribution in [3.63, 3.8) is 0 Å². The molecule has 2 N–H and O–H groups in total. The Bertz CT molecular complexity index is 629. The molecule has 6 nitrogen and oxygen atoms in total. The van der Waals surface area contributed by atoms with Gasteiger partial charge < -0.3 is 5.32 Å². The van der Waals surface area contributed by atoms with Gasteiger partial charge >= 0.3 is 0 Å². The molecule has 3 aromatic rings. The van der Waals surface area contributed by atoms with E-state index in [0.29, 0.717) is 17.5 Å². The number of hydrogen-bond acceptors (Lipinski definition) is 4. The first-order valence-corrected chi connectivity index (χ1v) is 5.42. The molecule has 0 aliphatic rings. The van der Waals surface area contributed by atoms with Gasteiger partial charge in [0.15, 0.2) is 5.65 Å². The van der Waals surface area contributed by atoms with Crippen molar-refractivity contribution >= 4 is 23.2 Å². The van der Waals surface area contributed by atoms with Crippen molar-refractivity contribution in [3.8, 4) is 0 Å². The van der Waals surface area contributed by atoms with Gasteiger partial charge in [0.2, 0.25) is 5.95 Å². The van der Waals surface area contributed by atoms with Gasteiger partial charge in [-0.1, -0.05) is 11.6 Å². The Kier molecular flexibility index (Phi) is 2.41. The summed E-state index contributed by atoms with van der Waals surface area (Å²) in [5.74, 6) is 0.563. The molecule has 0 saturated carbocycles. The largest absolute Gasteiger partial charge is 0.349 e. The number of aromatic nitrogens is 5. The average molecular weight is 249 g/mol. The maximum absolute atomic E-state index is 5.86. The summed E-state index contributed by atoms with van der Waals surface area (Å²) < 4.78 is 1.64. The van der Waals surface area contributed by atoms with Crippen LogP contribution < -0.4 is 5.32 Å². The van der Waals surface area contributed by atoms with E-state index in [4.69, 9.17) is 11.6 Å². The molecule has 17 heavy (non-hydrogen) atoms. The van der Waals surface area contributed by atoms with E-state index >= 15 is 0 Å². The smallest absolute Gasteiger partial charge is 0.243 e. The van der Waals surface area contributed by atoms with Crippen LogP contribution in [0.4, 0.5) is 5.95 Å². The number of aromatic amines is 1. The molecule has 3 rings (SSSR count). The second-order valence-corrected chi connectivity index (χ2v) is 3.98. The zero-order chi connectivity index (χ0) is 11.7. The van der Waals surface area contributed by atoms with E-state index in [1.165, 1.54) is 0 Å². The molecule has 0 unspecified atom stereocenters. The van der Waals surface area contributed by atoms with Crippen molar-refractivity contribution in [1.82, 2.24) is 24.8 Å². The van der Waals surface area contributed by atoms with E-state index in [1.807, 2.05) is 12.3 Å². The number of anilines is 1. The van der Waals surface area contributed by atoms with E-state index in [1.54, 1.807) is 23.0 Å². The highest BCUT2D eigenvalue weighted by molar-refractivity contribution is 6.30. The third-order valence-electron chi connectivity index (χ3n) is 2.30. The van der Waals surface area contributed by atoms with Gasteiger partial charge in [-0.2, -0.15) is 10.1 Å². The number of H-pyrrole nitrogens is 1. The number of rotatable bonds is 3. The fraction of sp³-hybridized carbons (Fsp3) is 0.100. The van der Waals surface area contributed by atoms with Crippen LogP contribution in [-0.4, -0.2) is 24.8 Å². The van der Waals surface area contributed by atoms with Crippen molar-refractivity contribution in [3.05, 3.63) is 41.3 Å². The van der Waals surface area contributed by atoms with Gasteiger partial charge in [-0.15, -0.1) is 5.10 Å². The topological polar surface area (TPSA) is 70.9 Å². The monoisotopic (exact) mass is 248 g/mol. The number of nitrogens with one attached hydrogen (secondary N) is 2. The van der Waals surface area contributed by atoms with Crippen molar-refractivity contribution in [2.24, 2.45) is 0 Å². The van der Waals surface area contributed by atoms with Gasteiger partial charge in [0, 0.05) is 24.5 Å². The summed E-state index contributed by atoms with van der Waals surface area (Å²) in [6.45, 7) is 0.626. The van der Waals surface area contributed by atoms with Crippen LogP contribution in [0.5, 0.6) is 0 Å². The fourth-order valence-corrected chi connectivity index (χ4v) is 1.64. The van der Waals surface area contributed by atoms with Crippen molar-refractivity contribution in [1.29, 1.82) is 0 Å². The molecule has 0 bridgehead atoms. The van der Waals surface area contributed by atoms with Gasteiger partial charge in [0.1, 0.15) is 0 Å². The predicted octanol–water partition coefficient (Wildman–Crippen LogP) is 1.72. The number of pyridine rings is 1. The zero-order valence-corrected chi connectivity index (χ0v) is 9.52. The van der Waals surface area contributed by atoms with Crippen LogP contribution in [0.25, 0.3) is 5.65 Å². The average Bonchev–Trinajstić information content (AvgIpc) is 2.94. The van der Waals surface area contributed by atoms with Crippen molar-refractivity contribution < 1.29 is 0 Å². The van der Waals surface area contributed by atoms with Crippen molar-refractivity contribution in [2.75, 3.05) is 5.32 Å². The van der Waals surface area contributed by atoms with Gasteiger partial charge in [0.05, 0.1) is 11.2 Å². The van der Waals surface area contributed by atoms with Crippen LogP contribution in [0, 0.1) is 0 Å². The first-order chi connectivity index (χ1) is 8.31. The summed E-state index contributed by atoms with van der Waals surface area (Å²) in [7, 11) is 0. The van der Waals surface area contributed by atoms with Crippen LogP contribution in [-0.2, 0) is 6.54 Å². The number of halogens is 1. The molecule has 0 fully saturated rings. The molecule has 0 spiro atoms. The van der Waals surface area contributed by atoms with Gasteiger partial charge in [-0.05, 0) is 12.1 Å². The van der Waals surface area contributed by atoms with Crippen LogP contribution in [0.3, 0.4) is 0 Å². The normalized spacial score (nSPS) is 10.9. The summed E-state index contributed by atoms with van der Waals surface area (Å²) in [6.07, 6.45) is 5.28. The number of nitrogens with zero attached hydrogens (tertiary/aromatic N) is 4. The quantitative estimate of drug-likeness (QED) is 0.740. The second kappa shape index (κ2) is 4.06. The molecule has 0 aliphatic carbocycles. The summed E-state index contributed by atoms with van der Waals surface area (Å²) in [6, 6.07) is 3.60. The van der Waals surface area contributed by atoms with E-state index in [9.17, 15) is 0 Å². The molecule has 0 aliphatic heterocycles. The summed E-state index contributed by atoms with van der Waals surface area (Å²) in [5.41, 5.74) is 1.80. The predicted molar refractivity (Wildman–Crippen MR) is 63.9 cm³/mol. The fourth-order valence-electron chi connectivity index (χ4n) is 1.49. The first-order valence-electron chi connectivity index (χ1n) is 5.05. The highest BCUT2D eigenvalue weighted by Crippen LogP contribution is 2.11. The van der Waals surface area contributed by atoms with Gasteiger partial charge in [-0.25, -0.2) is 4.52 Å². The third kappa shape index (κ3) is 2.07. The van der Waals surface area contributed by atoms with Crippen LogP contribution in [0.15, 0.2) is 30.7 Å². The highest BCUT2D eigenvalue weighted by Gasteiger charge is 2.03. The van der Waals surface area contributed by atoms with E-state index in [2.05, 4.69) is 25.6 Å². The molecule has 86 valence electrons. The maximum Gasteiger partial charge on any atom is 0.243 e. The number of hydrogen-bond donors (Lipinski definition) is 2. The van der Waals surface area contributed by atoms with E-state index in [-0.39, 0.29) is 0 Å². The lowest BCUT2D eigenvalue weighted by Crippen LogP contribution is -2.00. The Morgan fingerprint density at radius 3 is 3.18 bits per heavy atom. The molecular weight excluding hydrogens is 240 g/mol. The minimum atomic E-state index is 0.563. The number of fused-ring (bicyclic) bond motifs is 1. The summed E-state index contributed by atoms with van der Waals surface area (Å²) >= 11 is 5.86. The molecule has 0 amide bonds. The summed E-state index contributed by atoms with van der Waals surface area (Å²) in [4.78, 5) is 4.30. The highest BCUT2D eigenvalue weighted by atomic mass is 35.5. The Hall–Kier alpha value is -2.08. The minimum Gasteiger partial charge on any atom is -0.349 e. The Balaban J connectivity index is 1.81. The Morgan fingerprint density at radius 2 is 2.35 bits per heavy atom. The molecule has 3 heterocycles. The Labute approximate surface area is 102 Å². The third-order valence-corrected chi connectivity index (χ3v) is 2.52. The lowest BCUT2D eigenvalue weighted by molar-refractivity contribution is 0.950. The molecule has 7 heteroatoms. The standard InChI is InChI=1S/C10H9ClN6/c11-8-1-2-9-15-10(16-17(9)6-8)12-3-7-4-13-14-5-7/h1-2,4-6H,3H2,(H,12,16)(H,13,14). The zero-order valence-electron chi connectivity index (χ0n) is 8.76. The van der Waals surface area contributed by atoms with Crippen LogP contribution in [0.2, 0.25) is 5.02 Å². The lowest BCUT2D eigenvalue weighted by Gasteiger charge is -1.96. The van der Waals surface area contributed by atoms with Crippen molar-refractivity contribution in [2.45, 2.75) is 6.54 Å². The molecule has 3 aromatic heterocycles. The summed E-state index contributed by atoms with van der Waals surface area (Å²) in [5, 5.41) is 14.6. The lowest BCUT2D eigenvalue weighted by atomic mass is 10.4. The first kappa shape index (κ1) is 10.1. The minimum absolute atomic E-state index is 0.563. The molecular formula is C10H9ClN6. The maximum atomic E-state index is 5.86. The van der Waals surface area contributed by atoms with E-state index in [0.717, 1.165) is 11.2 Å². The molecule has 0 atom stereocenters.